The first-order valence-electron chi connectivity index (χ1n) is 5.58. The molecule has 1 saturated heterocycles. The molecule has 3 N–H and O–H groups in total. The average molecular weight is 254 g/mol. The second-order valence-electron chi connectivity index (χ2n) is 4.18. The maximum Gasteiger partial charge on any atom is 0.254 e. The van der Waals surface area contributed by atoms with Gasteiger partial charge in [-0.3, -0.25) is 4.79 Å². The molecule has 1 fully saturated rings. The van der Waals surface area contributed by atoms with Gasteiger partial charge in [-0.1, -0.05) is 0 Å². The molecule has 0 radical (unpaired) electrons. The van der Waals surface area contributed by atoms with Gasteiger partial charge in [0.05, 0.1) is 5.56 Å². The third kappa shape index (κ3) is 3.12. The first-order valence-corrected chi connectivity index (χ1v) is 6.73. The molecule has 1 aromatic carbocycles. The smallest absolute Gasteiger partial charge is 0.254 e. The van der Waals surface area contributed by atoms with E-state index in [1.54, 1.807) is 0 Å². The van der Waals surface area contributed by atoms with Crippen LogP contribution in [0.4, 0.5) is 10.1 Å². The maximum absolute atomic E-state index is 13.5. The minimum absolute atomic E-state index is 0.0600. The van der Waals surface area contributed by atoms with Gasteiger partial charge < -0.3 is 11.1 Å². The Balaban J connectivity index is 1.94. The van der Waals surface area contributed by atoms with Crippen LogP contribution < -0.4 is 11.1 Å². The second kappa shape index (κ2) is 5.40. The molecule has 1 atom stereocenters. The number of nitrogens with two attached hydrogens (primary N) is 1. The Morgan fingerprint density at radius 2 is 2.41 bits per heavy atom. The molecule has 0 aliphatic carbocycles. The van der Waals surface area contributed by atoms with Gasteiger partial charge in [0.15, 0.2) is 0 Å². The number of amides is 1. The summed E-state index contributed by atoms with van der Waals surface area (Å²) in [5.74, 6) is 1.81. The molecule has 0 spiro atoms. The van der Waals surface area contributed by atoms with Crippen molar-refractivity contribution in [2.75, 3.05) is 23.8 Å². The van der Waals surface area contributed by atoms with Crippen molar-refractivity contribution < 1.29 is 9.18 Å². The highest BCUT2D eigenvalue weighted by Crippen LogP contribution is 2.22. The van der Waals surface area contributed by atoms with Crippen LogP contribution in [0, 0.1) is 11.7 Å². The van der Waals surface area contributed by atoms with Crippen LogP contribution in [-0.2, 0) is 0 Å². The van der Waals surface area contributed by atoms with Crippen LogP contribution in [0.3, 0.4) is 0 Å². The molecule has 1 amide bonds. The molecule has 1 heterocycles. The molecule has 0 bridgehead atoms. The van der Waals surface area contributed by atoms with E-state index in [1.165, 1.54) is 18.2 Å². The third-order valence-electron chi connectivity index (χ3n) is 2.81. The van der Waals surface area contributed by atoms with E-state index in [1.807, 2.05) is 11.8 Å². The van der Waals surface area contributed by atoms with Gasteiger partial charge in [0.25, 0.3) is 5.91 Å². The van der Waals surface area contributed by atoms with Gasteiger partial charge in [-0.15, -0.1) is 0 Å². The molecule has 1 aliphatic rings. The molecule has 1 aliphatic heterocycles. The van der Waals surface area contributed by atoms with Crippen LogP contribution in [-0.4, -0.2) is 24.0 Å². The van der Waals surface area contributed by atoms with Crippen molar-refractivity contribution in [2.24, 2.45) is 5.92 Å². The lowest BCUT2D eigenvalue weighted by Gasteiger charge is -2.10. The average Bonchev–Trinajstić information content (AvgIpc) is 2.78. The van der Waals surface area contributed by atoms with Crippen molar-refractivity contribution in [3.8, 4) is 0 Å². The number of hydrogen-bond acceptors (Lipinski definition) is 3. The van der Waals surface area contributed by atoms with Gasteiger partial charge in [-0.2, -0.15) is 11.8 Å². The van der Waals surface area contributed by atoms with E-state index in [9.17, 15) is 9.18 Å². The maximum atomic E-state index is 13.5. The topological polar surface area (TPSA) is 55.1 Å². The zero-order valence-corrected chi connectivity index (χ0v) is 10.2. The van der Waals surface area contributed by atoms with Crippen molar-refractivity contribution in [2.45, 2.75) is 6.42 Å². The largest absolute Gasteiger partial charge is 0.399 e. The van der Waals surface area contributed by atoms with Gasteiger partial charge in [-0.25, -0.2) is 4.39 Å². The van der Waals surface area contributed by atoms with Crippen molar-refractivity contribution in [1.29, 1.82) is 0 Å². The van der Waals surface area contributed by atoms with Crippen LogP contribution in [0.1, 0.15) is 16.8 Å². The van der Waals surface area contributed by atoms with Gasteiger partial charge in [0, 0.05) is 12.2 Å². The number of carbonyl (C=O) groups excluding carboxylic acids is 1. The first kappa shape index (κ1) is 12.2. The number of anilines is 1. The Morgan fingerprint density at radius 3 is 3.06 bits per heavy atom. The predicted molar refractivity (Wildman–Crippen MR) is 68.6 cm³/mol. The van der Waals surface area contributed by atoms with E-state index in [-0.39, 0.29) is 11.5 Å². The van der Waals surface area contributed by atoms with Crippen molar-refractivity contribution in [3.63, 3.8) is 0 Å². The summed E-state index contributed by atoms with van der Waals surface area (Å²) in [5, 5.41) is 2.77. The Kier molecular flexibility index (Phi) is 3.89. The molecule has 1 aromatic rings. The first-order chi connectivity index (χ1) is 8.16. The van der Waals surface area contributed by atoms with Gasteiger partial charge >= 0.3 is 0 Å². The Morgan fingerprint density at radius 1 is 1.59 bits per heavy atom. The minimum atomic E-state index is -0.566. The molecule has 3 nitrogen and oxygen atoms in total. The summed E-state index contributed by atoms with van der Waals surface area (Å²) in [7, 11) is 0. The highest BCUT2D eigenvalue weighted by atomic mass is 32.2. The Hall–Kier alpha value is -1.23. The molecular formula is C12H15FN2OS. The molecular weight excluding hydrogens is 239 g/mol. The molecule has 1 unspecified atom stereocenters. The van der Waals surface area contributed by atoms with E-state index in [0.29, 0.717) is 18.2 Å². The number of halogens is 1. The van der Waals surface area contributed by atoms with Crippen LogP contribution in [0.15, 0.2) is 18.2 Å². The van der Waals surface area contributed by atoms with E-state index in [2.05, 4.69) is 5.32 Å². The lowest BCUT2D eigenvalue weighted by atomic mass is 10.1. The quantitative estimate of drug-likeness (QED) is 0.810. The van der Waals surface area contributed by atoms with Crippen LogP contribution >= 0.6 is 11.8 Å². The number of hydrogen-bond donors (Lipinski definition) is 2. The summed E-state index contributed by atoms with van der Waals surface area (Å²) < 4.78 is 13.5. The molecule has 0 saturated carbocycles. The van der Waals surface area contributed by atoms with Crippen molar-refractivity contribution >= 4 is 23.4 Å². The van der Waals surface area contributed by atoms with Gasteiger partial charge in [0.2, 0.25) is 0 Å². The fourth-order valence-corrected chi connectivity index (χ4v) is 3.08. The molecule has 92 valence electrons. The zero-order valence-electron chi connectivity index (χ0n) is 9.41. The summed E-state index contributed by atoms with van der Waals surface area (Å²) in [4.78, 5) is 11.7. The highest BCUT2D eigenvalue weighted by Gasteiger charge is 2.17. The standard InChI is InChI=1S/C12H15FN2OS/c13-11-5-9(14)1-2-10(11)12(16)15-6-8-3-4-17-7-8/h1-2,5,8H,3-4,6-7,14H2,(H,15,16). The minimum Gasteiger partial charge on any atom is -0.399 e. The summed E-state index contributed by atoms with van der Waals surface area (Å²) in [6.07, 6.45) is 1.12. The number of benzene rings is 1. The summed E-state index contributed by atoms with van der Waals surface area (Å²) in [5.41, 5.74) is 5.81. The Bertz CT molecular complexity index is 419. The highest BCUT2D eigenvalue weighted by molar-refractivity contribution is 7.99. The fourth-order valence-electron chi connectivity index (χ4n) is 1.79. The number of thioether (sulfide) groups is 1. The second-order valence-corrected chi connectivity index (χ2v) is 5.33. The van der Waals surface area contributed by atoms with Gasteiger partial charge in [0.1, 0.15) is 5.82 Å². The van der Waals surface area contributed by atoms with E-state index in [4.69, 9.17) is 5.73 Å². The fraction of sp³-hybridized carbons (Fsp3) is 0.417. The lowest BCUT2D eigenvalue weighted by molar-refractivity contribution is 0.0944. The summed E-state index contributed by atoms with van der Waals surface area (Å²) in [6.45, 7) is 0.621. The summed E-state index contributed by atoms with van der Waals surface area (Å²) in [6, 6.07) is 4.12. The Labute approximate surface area is 104 Å². The third-order valence-corrected chi connectivity index (χ3v) is 4.04. The van der Waals surface area contributed by atoms with E-state index >= 15 is 0 Å². The predicted octanol–water partition coefficient (Wildman–Crippen LogP) is 1.89. The SMILES string of the molecule is Nc1ccc(C(=O)NCC2CCSC2)c(F)c1. The lowest BCUT2D eigenvalue weighted by Crippen LogP contribution is -2.29. The van der Waals surface area contributed by atoms with Crippen molar-refractivity contribution in [3.05, 3.63) is 29.6 Å². The number of nitrogen functional groups attached to an aromatic ring is 1. The van der Waals surface area contributed by atoms with Crippen LogP contribution in [0.25, 0.3) is 0 Å². The van der Waals surface area contributed by atoms with Gasteiger partial charge in [-0.05, 0) is 42.0 Å². The van der Waals surface area contributed by atoms with Crippen LogP contribution in [0.2, 0.25) is 0 Å². The molecule has 0 aromatic heterocycles. The summed E-state index contributed by atoms with van der Waals surface area (Å²) >= 11 is 1.89. The normalized spacial score (nSPS) is 19.2. The molecule has 5 heteroatoms. The number of carbonyl (C=O) groups is 1. The van der Waals surface area contributed by atoms with E-state index in [0.717, 1.165) is 17.9 Å². The number of rotatable bonds is 3. The van der Waals surface area contributed by atoms with Crippen LogP contribution in [0.5, 0.6) is 0 Å². The molecule has 17 heavy (non-hydrogen) atoms. The molecule has 2 rings (SSSR count). The van der Waals surface area contributed by atoms with Crippen molar-refractivity contribution in [1.82, 2.24) is 5.32 Å². The monoisotopic (exact) mass is 254 g/mol. The number of nitrogens with one attached hydrogen (secondary N) is 1. The zero-order chi connectivity index (χ0) is 12.3. The van der Waals surface area contributed by atoms with E-state index < -0.39 is 5.82 Å².